The van der Waals surface area contributed by atoms with Crippen molar-refractivity contribution in [1.82, 2.24) is 4.90 Å². The quantitative estimate of drug-likeness (QED) is 0.921. The molecule has 0 aromatic heterocycles. The molecule has 120 valence electrons. The number of likely N-dealkylation sites (tertiary alicyclic amines) is 1. The lowest BCUT2D eigenvalue weighted by Crippen LogP contribution is -2.45. The fourth-order valence-corrected chi connectivity index (χ4v) is 3.33. The van der Waals surface area contributed by atoms with E-state index in [1.54, 1.807) is 11.8 Å². The van der Waals surface area contributed by atoms with Crippen molar-refractivity contribution in [2.75, 3.05) is 43.6 Å². The summed E-state index contributed by atoms with van der Waals surface area (Å²) in [7, 11) is 0. The Morgan fingerprint density at radius 2 is 2.18 bits per heavy atom. The Balaban J connectivity index is 1.61. The topological polar surface area (TPSA) is 50.8 Å². The highest BCUT2D eigenvalue weighted by Crippen LogP contribution is 2.33. The molecule has 1 aromatic carbocycles. The van der Waals surface area contributed by atoms with Crippen LogP contribution in [0.2, 0.25) is 0 Å². The van der Waals surface area contributed by atoms with Crippen LogP contribution in [0, 0.1) is 0 Å². The molecule has 3 rings (SSSR count). The van der Waals surface area contributed by atoms with Crippen LogP contribution in [0.5, 0.6) is 11.5 Å². The van der Waals surface area contributed by atoms with E-state index >= 15 is 0 Å². The molecule has 1 fully saturated rings. The number of anilines is 1. The number of nitrogens with zero attached hydrogens (tertiary/aromatic N) is 1. The number of hydrogen-bond acceptors (Lipinski definition) is 5. The summed E-state index contributed by atoms with van der Waals surface area (Å²) in [6.45, 7) is 2.85. The number of piperidine rings is 1. The van der Waals surface area contributed by atoms with Gasteiger partial charge in [0.2, 0.25) is 5.91 Å². The molecule has 0 saturated carbocycles. The molecule has 1 atom stereocenters. The summed E-state index contributed by atoms with van der Waals surface area (Å²) in [4.78, 5) is 14.0. The van der Waals surface area contributed by atoms with Crippen molar-refractivity contribution in [1.29, 1.82) is 0 Å². The van der Waals surface area contributed by atoms with Gasteiger partial charge in [-0.05, 0) is 31.2 Å². The highest BCUT2D eigenvalue weighted by atomic mass is 32.2. The summed E-state index contributed by atoms with van der Waals surface area (Å²) in [6.07, 6.45) is 4.09. The number of fused-ring (bicyclic) bond motifs is 1. The highest BCUT2D eigenvalue weighted by Gasteiger charge is 2.23. The van der Waals surface area contributed by atoms with Gasteiger partial charge in [-0.2, -0.15) is 11.8 Å². The zero-order chi connectivity index (χ0) is 15.4. The molecule has 6 heteroatoms. The molecule has 0 bridgehead atoms. The molecule has 2 heterocycles. The number of carbonyl (C=O) groups is 1. The van der Waals surface area contributed by atoms with Crippen LogP contribution in [0.1, 0.15) is 12.8 Å². The van der Waals surface area contributed by atoms with Crippen LogP contribution in [-0.4, -0.2) is 55.2 Å². The van der Waals surface area contributed by atoms with Crippen molar-refractivity contribution >= 4 is 23.4 Å². The molecule has 1 saturated heterocycles. The number of hydrogen-bond donors (Lipinski definition) is 1. The monoisotopic (exact) mass is 322 g/mol. The van der Waals surface area contributed by atoms with Crippen LogP contribution in [-0.2, 0) is 4.79 Å². The molecule has 2 aliphatic heterocycles. The molecule has 1 unspecified atom stereocenters. The van der Waals surface area contributed by atoms with Gasteiger partial charge in [0, 0.05) is 30.9 Å². The third kappa shape index (κ3) is 3.61. The minimum atomic E-state index is 0.237. The third-order valence-electron chi connectivity index (χ3n) is 3.95. The Kier molecular flexibility index (Phi) is 4.97. The van der Waals surface area contributed by atoms with Crippen LogP contribution in [0.3, 0.4) is 0 Å². The summed E-state index contributed by atoms with van der Waals surface area (Å²) in [5.41, 5.74) is 1.02. The fourth-order valence-electron chi connectivity index (χ4n) is 2.91. The molecule has 0 spiro atoms. The second kappa shape index (κ2) is 7.13. The Morgan fingerprint density at radius 1 is 1.36 bits per heavy atom. The average Bonchev–Trinajstić information content (AvgIpc) is 2.55. The third-order valence-corrected chi connectivity index (χ3v) is 4.49. The largest absolute Gasteiger partial charge is 0.486 e. The van der Waals surface area contributed by atoms with Gasteiger partial charge in [0.15, 0.2) is 11.5 Å². The highest BCUT2D eigenvalue weighted by molar-refractivity contribution is 7.99. The molecule has 0 aliphatic carbocycles. The summed E-state index contributed by atoms with van der Waals surface area (Å²) >= 11 is 1.58. The molecule has 5 nitrogen and oxygen atoms in total. The molecule has 2 aliphatic rings. The van der Waals surface area contributed by atoms with E-state index < -0.39 is 0 Å². The summed E-state index contributed by atoms with van der Waals surface area (Å²) in [5.74, 6) is 2.40. The van der Waals surface area contributed by atoms with Gasteiger partial charge in [0.25, 0.3) is 0 Å². The molecule has 1 amide bonds. The molecule has 22 heavy (non-hydrogen) atoms. The first-order chi connectivity index (χ1) is 10.8. The molecule has 1 aromatic rings. The van der Waals surface area contributed by atoms with E-state index in [2.05, 4.69) is 5.32 Å². The van der Waals surface area contributed by atoms with Crippen LogP contribution >= 0.6 is 11.8 Å². The number of thioether (sulfide) groups is 1. The minimum absolute atomic E-state index is 0.237. The Morgan fingerprint density at radius 3 is 3.00 bits per heavy atom. The van der Waals surface area contributed by atoms with Crippen LogP contribution in [0.25, 0.3) is 0 Å². The molecular weight excluding hydrogens is 300 g/mol. The van der Waals surface area contributed by atoms with E-state index in [4.69, 9.17) is 9.47 Å². The minimum Gasteiger partial charge on any atom is -0.486 e. The number of benzene rings is 1. The van der Waals surface area contributed by atoms with E-state index in [0.717, 1.165) is 43.1 Å². The fraction of sp³-hybridized carbons (Fsp3) is 0.562. The number of amides is 1. The lowest BCUT2D eigenvalue weighted by atomic mass is 10.1. The molecule has 0 radical (unpaired) electrons. The Labute approximate surface area is 135 Å². The van der Waals surface area contributed by atoms with Gasteiger partial charge < -0.3 is 19.7 Å². The lowest BCUT2D eigenvalue weighted by Gasteiger charge is -2.34. The maximum Gasteiger partial charge on any atom is 0.232 e. The van der Waals surface area contributed by atoms with Crippen molar-refractivity contribution < 1.29 is 14.3 Å². The van der Waals surface area contributed by atoms with Crippen LogP contribution in [0.15, 0.2) is 18.2 Å². The van der Waals surface area contributed by atoms with Gasteiger partial charge in [-0.3, -0.25) is 4.79 Å². The number of ether oxygens (including phenoxy) is 2. The first kappa shape index (κ1) is 15.3. The van der Waals surface area contributed by atoms with E-state index in [9.17, 15) is 4.79 Å². The Hall–Kier alpha value is -1.56. The molecular formula is C16H22N2O3S. The first-order valence-electron chi connectivity index (χ1n) is 7.69. The summed E-state index contributed by atoms with van der Waals surface area (Å²) < 4.78 is 11.1. The van der Waals surface area contributed by atoms with Crippen LogP contribution < -0.4 is 14.8 Å². The van der Waals surface area contributed by atoms with E-state index in [1.165, 1.54) is 0 Å². The van der Waals surface area contributed by atoms with Crippen molar-refractivity contribution in [3.63, 3.8) is 0 Å². The number of rotatable bonds is 4. The van der Waals surface area contributed by atoms with E-state index in [1.807, 2.05) is 29.4 Å². The zero-order valence-electron chi connectivity index (χ0n) is 12.8. The predicted octanol–water partition coefficient (Wildman–Crippen LogP) is 2.22. The smallest absolute Gasteiger partial charge is 0.232 e. The first-order valence-corrected chi connectivity index (χ1v) is 9.08. The van der Waals surface area contributed by atoms with Gasteiger partial charge in [-0.1, -0.05) is 0 Å². The second-order valence-corrected chi connectivity index (χ2v) is 6.48. The zero-order valence-corrected chi connectivity index (χ0v) is 13.7. The molecule has 1 N–H and O–H groups in total. The maximum atomic E-state index is 12.0. The lowest BCUT2D eigenvalue weighted by molar-refractivity contribution is -0.129. The van der Waals surface area contributed by atoms with Crippen molar-refractivity contribution in [3.05, 3.63) is 18.2 Å². The van der Waals surface area contributed by atoms with E-state index in [-0.39, 0.29) is 5.91 Å². The van der Waals surface area contributed by atoms with E-state index in [0.29, 0.717) is 25.0 Å². The number of nitrogens with one attached hydrogen (secondary N) is 1. The number of carbonyl (C=O) groups excluding carboxylic acids is 1. The van der Waals surface area contributed by atoms with Gasteiger partial charge in [0.1, 0.15) is 13.2 Å². The van der Waals surface area contributed by atoms with Gasteiger partial charge >= 0.3 is 0 Å². The van der Waals surface area contributed by atoms with Crippen molar-refractivity contribution in [2.45, 2.75) is 18.9 Å². The van der Waals surface area contributed by atoms with Gasteiger partial charge in [0.05, 0.1) is 5.75 Å². The SMILES string of the molecule is CSCC(=O)N1CCCC(Nc2ccc3c(c2)OCCO3)C1. The summed E-state index contributed by atoms with van der Waals surface area (Å²) in [6, 6.07) is 6.23. The standard InChI is InChI=1S/C16H22N2O3S/c1-22-11-16(19)18-6-2-3-13(10-18)17-12-4-5-14-15(9-12)21-8-7-20-14/h4-5,9,13,17H,2-3,6-8,10-11H2,1H3. The van der Waals surface area contributed by atoms with Crippen LogP contribution in [0.4, 0.5) is 5.69 Å². The summed E-state index contributed by atoms with van der Waals surface area (Å²) in [5, 5.41) is 3.52. The maximum absolute atomic E-state index is 12.0. The normalized spacial score (nSPS) is 20.6. The Bertz CT molecular complexity index is 538. The van der Waals surface area contributed by atoms with Gasteiger partial charge in [-0.25, -0.2) is 0 Å². The predicted molar refractivity (Wildman–Crippen MR) is 89.0 cm³/mol. The van der Waals surface area contributed by atoms with Crippen molar-refractivity contribution in [2.24, 2.45) is 0 Å². The van der Waals surface area contributed by atoms with Gasteiger partial charge in [-0.15, -0.1) is 0 Å². The second-order valence-electron chi connectivity index (χ2n) is 5.61. The van der Waals surface area contributed by atoms with Crippen molar-refractivity contribution in [3.8, 4) is 11.5 Å². The average molecular weight is 322 g/mol.